The molecule has 9 heteroatoms. The molecule has 1 aromatic heterocycles. The number of aromatic nitrogens is 1. The lowest BCUT2D eigenvalue weighted by molar-refractivity contribution is 0.211. The lowest BCUT2D eigenvalue weighted by atomic mass is 10.4. The van der Waals surface area contributed by atoms with Gasteiger partial charge >= 0.3 is 0 Å². The number of pyridine rings is 1. The Labute approximate surface area is 144 Å². The van der Waals surface area contributed by atoms with E-state index in [4.69, 9.17) is 27.9 Å². The molecule has 0 radical (unpaired) electrons. The number of anilines is 2. The van der Waals surface area contributed by atoms with Crippen LogP contribution in [0.3, 0.4) is 0 Å². The molecule has 0 aliphatic carbocycles. The lowest BCUT2D eigenvalue weighted by Gasteiger charge is -2.09. The highest BCUT2D eigenvalue weighted by molar-refractivity contribution is 7.92. The van der Waals surface area contributed by atoms with E-state index >= 15 is 0 Å². The van der Waals surface area contributed by atoms with E-state index in [2.05, 4.69) is 15.0 Å². The van der Waals surface area contributed by atoms with E-state index in [0.29, 0.717) is 13.2 Å². The molecule has 0 saturated heterocycles. The van der Waals surface area contributed by atoms with Crippen LogP contribution in [0, 0.1) is 0 Å². The maximum atomic E-state index is 12.3. The van der Waals surface area contributed by atoms with Gasteiger partial charge in [-0.25, -0.2) is 13.4 Å². The molecule has 0 aliphatic rings. The van der Waals surface area contributed by atoms with Gasteiger partial charge in [-0.3, -0.25) is 4.72 Å². The molecule has 2 rings (SSSR count). The minimum atomic E-state index is -3.78. The molecule has 2 aromatic rings. The largest absolute Gasteiger partial charge is 0.383 e. The van der Waals surface area contributed by atoms with Crippen LogP contribution in [-0.4, -0.2) is 33.7 Å². The smallest absolute Gasteiger partial charge is 0.263 e. The van der Waals surface area contributed by atoms with Crippen LogP contribution in [0.1, 0.15) is 0 Å². The molecule has 0 atom stereocenters. The number of halogens is 2. The Morgan fingerprint density at radius 3 is 2.57 bits per heavy atom. The summed E-state index contributed by atoms with van der Waals surface area (Å²) in [6, 6.07) is 7.36. The van der Waals surface area contributed by atoms with Crippen LogP contribution >= 0.6 is 23.2 Å². The van der Waals surface area contributed by atoms with Crippen LogP contribution in [0.15, 0.2) is 41.4 Å². The van der Waals surface area contributed by atoms with E-state index in [1.54, 1.807) is 19.2 Å². The number of hydrogen-bond donors (Lipinski definition) is 2. The second kappa shape index (κ2) is 7.83. The van der Waals surface area contributed by atoms with Gasteiger partial charge in [0, 0.05) is 13.7 Å². The summed E-state index contributed by atoms with van der Waals surface area (Å²) in [5.74, 6) is 0.202. The number of benzene rings is 1. The maximum absolute atomic E-state index is 12.3. The normalized spacial score (nSPS) is 11.3. The third kappa shape index (κ3) is 4.97. The first-order valence-electron chi connectivity index (χ1n) is 6.59. The van der Waals surface area contributed by atoms with Crippen molar-refractivity contribution in [3.63, 3.8) is 0 Å². The molecule has 1 aromatic carbocycles. The summed E-state index contributed by atoms with van der Waals surface area (Å²) in [6.45, 7) is 1.19. The molecule has 124 valence electrons. The van der Waals surface area contributed by atoms with Gasteiger partial charge in [0.05, 0.1) is 33.4 Å². The van der Waals surface area contributed by atoms with Crippen molar-refractivity contribution < 1.29 is 13.2 Å². The zero-order valence-corrected chi connectivity index (χ0v) is 14.5. The van der Waals surface area contributed by atoms with E-state index < -0.39 is 10.0 Å². The fraction of sp³-hybridized carbons (Fsp3) is 0.214. The van der Waals surface area contributed by atoms with Gasteiger partial charge in [-0.2, -0.15) is 0 Å². The van der Waals surface area contributed by atoms with E-state index in [-0.39, 0.29) is 20.8 Å². The summed E-state index contributed by atoms with van der Waals surface area (Å²) in [5, 5.41) is 3.54. The van der Waals surface area contributed by atoms with Crippen LogP contribution in [0.4, 0.5) is 11.5 Å². The summed E-state index contributed by atoms with van der Waals surface area (Å²) < 4.78 is 31.9. The molecule has 6 nitrogen and oxygen atoms in total. The highest BCUT2D eigenvalue weighted by atomic mass is 35.5. The Balaban J connectivity index is 2.09. The minimum absolute atomic E-state index is 0.0102. The van der Waals surface area contributed by atoms with Crippen molar-refractivity contribution in [1.82, 2.24) is 4.98 Å². The van der Waals surface area contributed by atoms with Crippen LogP contribution in [0.25, 0.3) is 0 Å². The van der Waals surface area contributed by atoms with E-state index in [1.807, 2.05) is 0 Å². The predicted molar refractivity (Wildman–Crippen MR) is 91.9 cm³/mol. The summed E-state index contributed by atoms with van der Waals surface area (Å²) in [6.07, 6.45) is 1.53. The zero-order chi connectivity index (χ0) is 16.9. The predicted octanol–water partition coefficient (Wildman–Crippen LogP) is 3.25. The summed E-state index contributed by atoms with van der Waals surface area (Å²) >= 11 is 11.6. The number of sulfonamides is 1. The summed E-state index contributed by atoms with van der Waals surface area (Å²) in [7, 11) is -2.17. The van der Waals surface area contributed by atoms with Crippen molar-refractivity contribution in [2.45, 2.75) is 4.90 Å². The summed E-state index contributed by atoms with van der Waals surface area (Å²) in [5.41, 5.74) is 0.763. The SMILES string of the molecule is COCCNc1ccc(NS(=O)(=O)c2ccc(Cl)c(Cl)c2)nc1. The molecule has 0 fully saturated rings. The van der Waals surface area contributed by atoms with Gasteiger partial charge in [0.1, 0.15) is 5.82 Å². The van der Waals surface area contributed by atoms with Gasteiger partial charge < -0.3 is 10.1 Å². The van der Waals surface area contributed by atoms with Crippen LogP contribution in [-0.2, 0) is 14.8 Å². The lowest BCUT2D eigenvalue weighted by Crippen LogP contribution is -2.14. The van der Waals surface area contributed by atoms with Crippen molar-refractivity contribution in [2.75, 3.05) is 30.3 Å². The standard InChI is InChI=1S/C14H15Cl2N3O3S/c1-22-7-6-17-10-2-5-14(18-9-10)19-23(20,21)11-3-4-12(15)13(16)8-11/h2-5,8-9,17H,6-7H2,1H3,(H,18,19). The Hall–Kier alpha value is -1.54. The van der Waals surface area contributed by atoms with Crippen LogP contribution in [0.5, 0.6) is 0 Å². The number of rotatable bonds is 7. The fourth-order valence-electron chi connectivity index (χ4n) is 1.70. The number of ether oxygens (including phenoxy) is 1. The fourth-order valence-corrected chi connectivity index (χ4v) is 3.09. The van der Waals surface area contributed by atoms with Gasteiger partial charge in [0.15, 0.2) is 0 Å². The molecule has 0 amide bonds. The van der Waals surface area contributed by atoms with Gasteiger partial charge in [0.25, 0.3) is 10.0 Å². The third-order valence-electron chi connectivity index (χ3n) is 2.84. The Morgan fingerprint density at radius 2 is 1.96 bits per heavy atom. The van der Waals surface area contributed by atoms with Gasteiger partial charge in [0.2, 0.25) is 0 Å². The zero-order valence-electron chi connectivity index (χ0n) is 12.2. The molecule has 0 aliphatic heterocycles. The number of methoxy groups -OCH3 is 1. The molecule has 1 heterocycles. The third-order valence-corrected chi connectivity index (χ3v) is 4.93. The van der Waals surface area contributed by atoms with Gasteiger partial charge in [-0.05, 0) is 30.3 Å². The first-order valence-corrected chi connectivity index (χ1v) is 8.83. The first kappa shape index (κ1) is 17.8. The quantitative estimate of drug-likeness (QED) is 0.726. The van der Waals surface area contributed by atoms with Crippen LogP contribution in [0.2, 0.25) is 10.0 Å². The molecule has 0 bridgehead atoms. The molecule has 0 unspecified atom stereocenters. The Bertz CT molecular complexity index is 767. The Kier molecular flexibility index (Phi) is 6.06. The molecular formula is C14H15Cl2N3O3S. The minimum Gasteiger partial charge on any atom is -0.383 e. The second-order valence-electron chi connectivity index (χ2n) is 4.53. The second-order valence-corrected chi connectivity index (χ2v) is 7.03. The molecule has 0 spiro atoms. The summed E-state index contributed by atoms with van der Waals surface area (Å²) in [4.78, 5) is 4.07. The van der Waals surface area contributed by atoms with E-state index in [9.17, 15) is 8.42 Å². The van der Waals surface area contributed by atoms with Gasteiger partial charge in [-0.15, -0.1) is 0 Å². The molecule has 23 heavy (non-hydrogen) atoms. The first-order chi connectivity index (χ1) is 10.9. The van der Waals surface area contributed by atoms with E-state index in [1.165, 1.54) is 24.4 Å². The molecule has 2 N–H and O–H groups in total. The number of nitrogens with zero attached hydrogens (tertiary/aromatic N) is 1. The number of hydrogen-bond acceptors (Lipinski definition) is 5. The monoisotopic (exact) mass is 375 g/mol. The highest BCUT2D eigenvalue weighted by Gasteiger charge is 2.16. The average molecular weight is 376 g/mol. The highest BCUT2D eigenvalue weighted by Crippen LogP contribution is 2.25. The van der Waals surface area contributed by atoms with Crippen molar-refractivity contribution in [2.24, 2.45) is 0 Å². The molecular weight excluding hydrogens is 361 g/mol. The maximum Gasteiger partial charge on any atom is 0.263 e. The van der Waals surface area contributed by atoms with Crippen LogP contribution < -0.4 is 10.0 Å². The van der Waals surface area contributed by atoms with Crippen molar-refractivity contribution in [3.05, 3.63) is 46.6 Å². The average Bonchev–Trinajstić information content (AvgIpc) is 2.51. The topological polar surface area (TPSA) is 80.3 Å². The van der Waals surface area contributed by atoms with Gasteiger partial charge in [-0.1, -0.05) is 23.2 Å². The van der Waals surface area contributed by atoms with Crippen molar-refractivity contribution in [1.29, 1.82) is 0 Å². The van der Waals surface area contributed by atoms with E-state index in [0.717, 1.165) is 5.69 Å². The Morgan fingerprint density at radius 1 is 1.17 bits per heavy atom. The number of nitrogens with one attached hydrogen (secondary N) is 2. The van der Waals surface area contributed by atoms with Crippen molar-refractivity contribution in [3.8, 4) is 0 Å². The molecule has 0 saturated carbocycles. The van der Waals surface area contributed by atoms with Crippen molar-refractivity contribution >= 4 is 44.7 Å².